The van der Waals surface area contributed by atoms with Crippen LogP contribution in [0.25, 0.3) is 0 Å². The molecule has 0 bridgehead atoms. The summed E-state index contributed by atoms with van der Waals surface area (Å²) in [6, 6.07) is 4.91. The van der Waals surface area contributed by atoms with Crippen LogP contribution >= 0.6 is 0 Å². The van der Waals surface area contributed by atoms with E-state index in [-0.39, 0.29) is 11.5 Å². The van der Waals surface area contributed by atoms with Gasteiger partial charge in [0.05, 0.1) is 31.3 Å². The van der Waals surface area contributed by atoms with Crippen molar-refractivity contribution < 1.29 is 37.1 Å². The topological polar surface area (TPSA) is 99.9 Å². The number of carbonyl (C=O) groups is 1. The molecule has 1 atom stereocenters. The fraction of sp³-hybridized carbons (Fsp3) is 0.278. The fourth-order valence-corrected chi connectivity index (χ4v) is 2.54. The Bertz CT molecular complexity index is 923. The maximum absolute atomic E-state index is 13.9. The fourth-order valence-electron chi connectivity index (χ4n) is 2.54. The number of amides is 1. The van der Waals surface area contributed by atoms with Crippen LogP contribution in [0.3, 0.4) is 0 Å². The summed E-state index contributed by atoms with van der Waals surface area (Å²) < 4.78 is 52.8. The average molecular weight is 414 g/mol. The van der Waals surface area contributed by atoms with Crippen molar-refractivity contribution in [3.05, 3.63) is 57.4 Å². The third-order valence-corrected chi connectivity index (χ3v) is 3.96. The quantitative estimate of drug-likeness (QED) is 0.520. The van der Waals surface area contributed by atoms with E-state index < -0.39 is 46.3 Å². The largest absolute Gasteiger partial charge is 0.494 e. The molecule has 0 aliphatic heterocycles. The summed E-state index contributed by atoms with van der Waals surface area (Å²) in [5, 5.41) is 13.8. The van der Waals surface area contributed by atoms with E-state index in [4.69, 9.17) is 9.47 Å². The number of ether oxygens (including phenoxy) is 3. The van der Waals surface area contributed by atoms with Gasteiger partial charge in [-0.25, -0.2) is 4.39 Å². The van der Waals surface area contributed by atoms with Gasteiger partial charge in [-0.15, -0.1) is 0 Å². The highest BCUT2D eigenvalue weighted by Gasteiger charge is 2.27. The van der Waals surface area contributed by atoms with Gasteiger partial charge in [0.1, 0.15) is 5.56 Å². The number of nitrogens with zero attached hydrogens (tertiary/aromatic N) is 1. The zero-order chi connectivity index (χ0) is 21.7. The molecule has 0 aliphatic carbocycles. The van der Waals surface area contributed by atoms with Crippen LogP contribution in [0.15, 0.2) is 30.3 Å². The van der Waals surface area contributed by atoms with Crippen molar-refractivity contribution in [2.45, 2.75) is 19.6 Å². The van der Waals surface area contributed by atoms with E-state index >= 15 is 0 Å². The first-order chi connectivity index (χ1) is 13.7. The molecule has 0 spiro atoms. The molecule has 0 fully saturated rings. The van der Waals surface area contributed by atoms with Crippen molar-refractivity contribution in [3.8, 4) is 17.2 Å². The highest BCUT2D eigenvalue weighted by molar-refractivity contribution is 5.99. The molecule has 0 saturated heterocycles. The molecule has 8 nitrogen and oxygen atoms in total. The highest BCUT2D eigenvalue weighted by atomic mass is 19.3. The van der Waals surface area contributed by atoms with Crippen LogP contribution in [0.4, 0.5) is 18.9 Å². The number of nitro groups is 1. The first-order valence-corrected chi connectivity index (χ1v) is 8.13. The SMILES string of the molecule is COc1ccc(C(C)NC(=O)c2cc(OC)c(OC(F)F)cc2[N+](=O)[O-])cc1F. The monoisotopic (exact) mass is 414 g/mol. The number of alkyl halides is 2. The van der Waals surface area contributed by atoms with E-state index in [2.05, 4.69) is 10.1 Å². The number of rotatable bonds is 8. The molecule has 29 heavy (non-hydrogen) atoms. The molecule has 156 valence electrons. The number of hydrogen-bond donors (Lipinski definition) is 1. The molecule has 2 aromatic rings. The Morgan fingerprint density at radius 3 is 2.28 bits per heavy atom. The summed E-state index contributed by atoms with van der Waals surface area (Å²) in [4.78, 5) is 23.0. The Morgan fingerprint density at radius 1 is 1.10 bits per heavy atom. The highest BCUT2D eigenvalue weighted by Crippen LogP contribution is 2.36. The van der Waals surface area contributed by atoms with E-state index in [9.17, 15) is 28.1 Å². The first-order valence-electron chi connectivity index (χ1n) is 8.13. The third-order valence-electron chi connectivity index (χ3n) is 3.96. The van der Waals surface area contributed by atoms with E-state index in [1.165, 1.54) is 26.2 Å². The lowest BCUT2D eigenvalue weighted by Crippen LogP contribution is -2.27. The molecule has 1 N–H and O–H groups in total. The molecule has 0 aromatic heterocycles. The molecule has 0 heterocycles. The van der Waals surface area contributed by atoms with Crippen molar-refractivity contribution in [1.29, 1.82) is 0 Å². The van der Waals surface area contributed by atoms with Crippen molar-refractivity contribution in [2.24, 2.45) is 0 Å². The number of halogens is 3. The van der Waals surface area contributed by atoms with Crippen LogP contribution in [0.2, 0.25) is 0 Å². The van der Waals surface area contributed by atoms with E-state index in [0.29, 0.717) is 11.6 Å². The minimum absolute atomic E-state index is 0.0160. The standard InChI is InChI=1S/C18H17F3N2O6/c1-9(10-4-5-14(27-2)12(19)6-10)22-17(24)11-7-15(28-3)16(29-18(20)21)8-13(11)23(25)26/h4-9,18H,1-3H3,(H,22,24). The molecule has 0 aliphatic rings. The number of nitro benzene ring substituents is 1. The van der Waals surface area contributed by atoms with Gasteiger partial charge in [-0.3, -0.25) is 14.9 Å². The van der Waals surface area contributed by atoms with Gasteiger partial charge in [0.15, 0.2) is 23.1 Å². The maximum atomic E-state index is 13.9. The van der Waals surface area contributed by atoms with Crippen molar-refractivity contribution in [1.82, 2.24) is 5.32 Å². The predicted molar refractivity (Wildman–Crippen MR) is 95.1 cm³/mol. The Labute approximate surface area is 163 Å². The van der Waals surface area contributed by atoms with Gasteiger partial charge in [0, 0.05) is 6.07 Å². The number of carbonyl (C=O) groups excluding carboxylic acids is 1. The number of hydrogen-bond acceptors (Lipinski definition) is 6. The Morgan fingerprint density at radius 2 is 1.76 bits per heavy atom. The lowest BCUT2D eigenvalue weighted by Gasteiger charge is -2.16. The van der Waals surface area contributed by atoms with Crippen LogP contribution in [-0.2, 0) is 0 Å². The van der Waals surface area contributed by atoms with Crippen LogP contribution in [0.1, 0.15) is 28.9 Å². The number of methoxy groups -OCH3 is 2. The molecule has 2 rings (SSSR count). The van der Waals surface area contributed by atoms with Gasteiger partial charge in [0.2, 0.25) is 0 Å². The summed E-state index contributed by atoms with van der Waals surface area (Å²) >= 11 is 0. The smallest absolute Gasteiger partial charge is 0.387 e. The van der Waals surface area contributed by atoms with E-state index in [0.717, 1.165) is 19.2 Å². The summed E-state index contributed by atoms with van der Waals surface area (Å²) in [5.41, 5.74) is -0.815. The van der Waals surface area contributed by atoms with Gasteiger partial charge >= 0.3 is 6.61 Å². The number of nitrogens with one attached hydrogen (secondary N) is 1. The van der Waals surface area contributed by atoms with E-state index in [1.54, 1.807) is 0 Å². The van der Waals surface area contributed by atoms with Gasteiger partial charge in [0.25, 0.3) is 11.6 Å². The lowest BCUT2D eigenvalue weighted by molar-refractivity contribution is -0.385. The second-order valence-corrected chi connectivity index (χ2v) is 5.74. The number of benzene rings is 2. The normalized spacial score (nSPS) is 11.7. The zero-order valence-corrected chi connectivity index (χ0v) is 15.6. The summed E-state index contributed by atoms with van der Waals surface area (Å²) in [7, 11) is 2.43. The average Bonchev–Trinajstić information content (AvgIpc) is 2.66. The van der Waals surface area contributed by atoms with Crippen molar-refractivity contribution in [3.63, 3.8) is 0 Å². The molecule has 0 saturated carbocycles. The van der Waals surface area contributed by atoms with Gasteiger partial charge < -0.3 is 19.5 Å². The second-order valence-electron chi connectivity index (χ2n) is 5.74. The first kappa shape index (κ1) is 21.8. The van der Waals surface area contributed by atoms with Gasteiger partial charge in [-0.1, -0.05) is 6.07 Å². The predicted octanol–water partition coefficient (Wildman–Crippen LogP) is 3.84. The van der Waals surface area contributed by atoms with E-state index in [1.807, 2.05) is 0 Å². The molecule has 0 radical (unpaired) electrons. The van der Waals surface area contributed by atoms with Crippen LogP contribution in [-0.4, -0.2) is 31.7 Å². The molecular formula is C18H17F3N2O6. The summed E-state index contributed by atoms with van der Waals surface area (Å²) in [6.45, 7) is -1.70. The summed E-state index contributed by atoms with van der Waals surface area (Å²) in [6.07, 6.45) is 0. The molecule has 1 unspecified atom stereocenters. The van der Waals surface area contributed by atoms with Crippen LogP contribution in [0, 0.1) is 15.9 Å². The molecule has 1 amide bonds. The van der Waals surface area contributed by atoms with Crippen molar-refractivity contribution >= 4 is 11.6 Å². The molecular weight excluding hydrogens is 397 g/mol. The van der Waals surface area contributed by atoms with Crippen LogP contribution in [0.5, 0.6) is 17.2 Å². The maximum Gasteiger partial charge on any atom is 0.387 e. The Kier molecular flexibility index (Phi) is 6.86. The summed E-state index contributed by atoms with van der Waals surface area (Å²) in [5.74, 6) is -2.39. The third kappa shape index (κ3) is 5.06. The van der Waals surface area contributed by atoms with Crippen LogP contribution < -0.4 is 19.5 Å². The second kappa shape index (κ2) is 9.13. The van der Waals surface area contributed by atoms with Crippen molar-refractivity contribution in [2.75, 3.05) is 14.2 Å². The van der Waals surface area contributed by atoms with Gasteiger partial charge in [-0.05, 0) is 24.6 Å². The Balaban J connectivity index is 2.35. The lowest BCUT2D eigenvalue weighted by atomic mass is 10.1. The zero-order valence-electron chi connectivity index (χ0n) is 15.6. The van der Waals surface area contributed by atoms with Gasteiger partial charge in [-0.2, -0.15) is 8.78 Å². The minimum Gasteiger partial charge on any atom is -0.494 e. The molecule has 2 aromatic carbocycles. The minimum atomic E-state index is -3.24. The molecule has 11 heteroatoms. The Hall–Kier alpha value is -3.50.